The molecule has 0 spiro atoms. The second-order valence-electron chi connectivity index (χ2n) is 6.68. The Morgan fingerprint density at radius 2 is 2.08 bits per heavy atom. The van der Waals surface area contributed by atoms with Crippen LogP contribution in [0.3, 0.4) is 0 Å². The summed E-state index contributed by atoms with van der Waals surface area (Å²) < 4.78 is 1.51. The van der Waals surface area contributed by atoms with Gasteiger partial charge in [0.05, 0.1) is 11.6 Å². The van der Waals surface area contributed by atoms with Crippen LogP contribution in [-0.2, 0) is 4.79 Å². The second-order valence-corrected chi connectivity index (χ2v) is 6.68. The molecule has 4 rings (SSSR count). The standard InChI is InChI=1S/C17H20N6O2/c24-16(19-14-6-7-14)13-4-2-8-22(10-13)17(25)12-3-1-5-15(9-12)23-11-18-20-21-23/h1,3,5,9,11,13-14H,2,4,6-8,10H2,(H,19,24)/t13-/m1/s1. The SMILES string of the molecule is O=C(NC1CC1)[C@@H]1CCCN(C(=O)c2cccc(-n3cnnn3)c2)C1. The van der Waals surface area contributed by atoms with E-state index in [4.69, 9.17) is 0 Å². The summed E-state index contributed by atoms with van der Waals surface area (Å²) in [6.07, 6.45) is 5.33. The quantitative estimate of drug-likeness (QED) is 0.888. The van der Waals surface area contributed by atoms with E-state index < -0.39 is 0 Å². The molecule has 0 radical (unpaired) electrons. The number of carbonyl (C=O) groups is 2. The summed E-state index contributed by atoms with van der Waals surface area (Å²) in [4.78, 5) is 26.9. The minimum atomic E-state index is -0.110. The van der Waals surface area contributed by atoms with Crippen LogP contribution in [-0.4, -0.2) is 56.1 Å². The average Bonchev–Trinajstić information content (AvgIpc) is 3.30. The van der Waals surface area contributed by atoms with Crippen LogP contribution in [0.15, 0.2) is 30.6 Å². The third-order valence-corrected chi connectivity index (χ3v) is 4.71. The van der Waals surface area contributed by atoms with Crippen LogP contribution in [0, 0.1) is 5.92 Å². The van der Waals surface area contributed by atoms with E-state index in [2.05, 4.69) is 20.8 Å². The van der Waals surface area contributed by atoms with E-state index in [0.717, 1.165) is 31.4 Å². The first-order valence-electron chi connectivity index (χ1n) is 8.64. The van der Waals surface area contributed by atoms with E-state index in [1.165, 1.54) is 11.0 Å². The molecular formula is C17H20N6O2. The number of nitrogens with zero attached hydrogens (tertiary/aromatic N) is 5. The van der Waals surface area contributed by atoms with E-state index in [1.807, 2.05) is 12.1 Å². The first-order valence-corrected chi connectivity index (χ1v) is 8.64. The molecule has 1 saturated heterocycles. The van der Waals surface area contributed by atoms with Crippen LogP contribution in [0.2, 0.25) is 0 Å². The fourth-order valence-electron chi connectivity index (χ4n) is 3.17. The molecule has 2 fully saturated rings. The summed E-state index contributed by atoms with van der Waals surface area (Å²) >= 11 is 0. The zero-order chi connectivity index (χ0) is 17.2. The Bertz CT molecular complexity index is 771. The average molecular weight is 340 g/mol. The summed E-state index contributed by atoms with van der Waals surface area (Å²) in [5.74, 6) is -0.0812. The van der Waals surface area contributed by atoms with E-state index >= 15 is 0 Å². The highest BCUT2D eigenvalue weighted by molar-refractivity contribution is 5.95. The highest BCUT2D eigenvalue weighted by atomic mass is 16.2. The Balaban J connectivity index is 1.46. The lowest BCUT2D eigenvalue weighted by molar-refractivity contribution is -0.126. The number of carbonyl (C=O) groups excluding carboxylic acids is 2. The number of likely N-dealkylation sites (tertiary alicyclic amines) is 1. The molecular weight excluding hydrogens is 320 g/mol. The van der Waals surface area contributed by atoms with E-state index in [-0.39, 0.29) is 17.7 Å². The number of amides is 2. The van der Waals surface area contributed by atoms with Gasteiger partial charge in [0.1, 0.15) is 6.33 Å². The summed E-state index contributed by atoms with van der Waals surface area (Å²) in [6, 6.07) is 7.56. The molecule has 25 heavy (non-hydrogen) atoms. The molecule has 1 atom stereocenters. The molecule has 8 nitrogen and oxygen atoms in total. The maximum Gasteiger partial charge on any atom is 0.253 e. The number of piperidine rings is 1. The summed E-state index contributed by atoms with van der Waals surface area (Å²) in [7, 11) is 0. The number of tetrazole rings is 1. The van der Waals surface area contributed by atoms with Gasteiger partial charge in [0.25, 0.3) is 5.91 Å². The molecule has 130 valence electrons. The van der Waals surface area contributed by atoms with E-state index in [1.54, 1.807) is 17.0 Å². The topological polar surface area (TPSA) is 93.0 Å². The van der Waals surface area contributed by atoms with Crippen LogP contribution < -0.4 is 5.32 Å². The number of rotatable bonds is 4. The van der Waals surface area contributed by atoms with Crippen LogP contribution in [0.25, 0.3) is 5.69 Å². The van der Waals surface area contributed by atoms with Crippen molar-refractivity contribution in [3.63, 3.8) is 0 Å². The van der Waals surface area contributed by atoms with Crippen molar-refractivity contribution in [2.24, 2.45) is 5.92 Å². The second kappa shape index (κ2) is 6.62. The molecule has 1 aromatic heterocycles. The zero-order valence-corrected chi connectivity index (χ0v) is 13.8. The van der Waals surface area contributed by atoms with Gasteiger partial charge in [-0.1, -0.05) is 6.07 Å². The molecule has 2 aromatic rings. The summed E-state index contributed by atoms with van der Waals surface area (Å²) in [6.45, 7) is 1.16. The van der Waals surface area contributed by atoms with Gasteiger partial charge in [0, 0.05) is 24.7 Å². The van der Waals surface area contributed by atoms with Gasteiger partial charge in [-0.2, -0.15) is 0 Å². The number of hydrogen-bond donors (Lipinski definition) is 1. The van der Waals surface area contributed by atoms with Crippen molar-refractivity contribution in [2.45, 2.75) is 31.7 Å². The van der Waals surface area contributed by atoms with Crippen molar-refractivity contribution < 1.29 is 9.59 Å². The van der Waals surface area contributed by atoms with Gasteiger partial charge in [-0.15, -0.1) is 5.10 Å². The maximum absolute atomic E-state index is 12.9. The highest BCUT2D eigenvalue weighted by Crippen LogP contribution is 2.23. The Morgan fingerprint density at radius 1 is 1.20 bits per heavy atom. The molecule has 0 bridgehead atoms. The monoisotopic (exact) mass is 340 g/mol. The molecule has 1 aliphatic carbocycles. The number of benzene rings is 1. The minimum Gasteiger partial charge on any atom is -0.353 e. The Labute approximate surface area is 145 Å². The molecule has 1 N–H and O–H groups in total. The van der Waals surface area contributed by atoms with Crippen molar-refractivity contribution in [3.8, 4) is 5.69 Å². The first-order chi connectivity index (χ1) is 12.2. The third kappa shape index (κ3) is 3.52. The lowest BCUT2D eigenvalue weighted by atomic mass is 9.96. The third-order valence-electron chi connectivity index (χ3n) is 4.71. The lowest BCUT2D eigenvalue weighted by Crippen LogP contribution is -2.45. The molecule has 2 amide bonds. The van der Waals surface area contributed by atoms with Gasteiger partial charge in [-0.05, 0) is 54.3 Å². The Hall–Kier alpha value is -2.77. The van der Waals surface area contributed by atoms with Crippen LogP contribution in [0.1, 0.15) is 36.0 Å². The van der Waals surface area contributed by atoms with Gasteiger partial charge < -0.3 is 10.2 Å². The van der Waals surface area contributed by atoms with Gasteiger partial charge >= 0.3 is 0 Å². The Morgan fingerprint density at radius 3 is 2.84 bits per heavy atom. The minimum absolute atomic E-state index is 0.0566. The number of aromatic nitrogens is 4. The predicted octanol–water partition coefficient (Wildman–Crippen LogP) is 0.793. The number of hydrogen-bond acceptors (Lipinski definition) is 5. The van der Waals surface area contributed by atoms with Crippen molar-refractivity contribution in [2.75, 3.05) is 13.1 Å². The highest BCUT2D eigenvalue weighted by Gasteiger charge is 2.32. The molecule has 2 aliphatic rings. The van der Waals surface area contributed by atoms with Gasteiger partial charge in [0.15, 0.2) is 0 Å². The summed E-state index contributed by atoms with van der Waals surface area (Å²) in [5.41, 5.74) is 1.31. The molecule has 1 saturated carbocycles. The Kier molecular flexibility index (Phi) is 4.17. The van der Waals surface area contributed by atoms with E-state index in [0.29, 0.717) is 24.7 Å². The number of nitrogens with one attached hydrogen (secondary N) is 1. The van der Waals surface area contributed by atoms with Crippen molar-refractivity contribution >= 4 is 11.8 Å². The smallest absolute Gasteiger partial charge is 0.253 e. The summed E-state index contributed by atoms with van der Waals surface area (Å²) in [5, 5.41) is 14.1. The maximum atomic E-state index is 12.9. The fraction of sp³-hybridized carbons (Fsp3) is 0.471. The normalized spacial score (nSPS) is 20.3. The van der Waals surface area contributed by atoms with Gasteiger partial charge in [0.2, 0.25) is 5.91 Å². The van der Waals surface area contributed by atoms with Crippen molar-refractivity contribution in [1.29, 1.82) is 0 Å². The zero-order valence-electron chi connectivity index (χ0n) is 13.8. The van der Waals surface area contributed by atoms with Crippen molar-refractivity contribution in [1.82, 2.24) is 30.4 Å². The largest absolute Gasteiger partial charge is 0.353 e. The van der Waals surface area contributed by atoms with Crippen LogP contribution >= 0.6 is 0 Å². The molecule has 0 unspecified atom stereocenters. The molecule has 8 heteroatoms. The van der Waals surface area contributed by atoms with Crippen LogP contribution in [0.5, 0.6) is 0 Å². The van der Waals surface area contributed by atoms with Gasteiger partial charge in [-0.25, -0.2) is 4.68 Å². The van der Waals surface area contributed by atoms with E-state index in [9.17, 15) is 9.59 Å². The molecule has 1 aromatic carbocycles. The molecule has 1 aliphatic heterocycles. The van der Waals surface area contributed by atoms with Crippen LogP contribution in [0.4, 0.5) is 0 Å². The fourth-order valence-corrected chi connectivity index (χ4v) is 3.17. The predicted molar refractivity (Wildman–Crippen MR) is 88.9 cm³/mol. The van der Waals surface area contributed by atoms with Gasteiger partial charge in [-0.3, -0.25) is 9.59 Å². The lowest BCUT2D eigenvalue weighted by Gasteiger charge is -2.32. The molecule has 2 heterocycles. The first kappa shape index (κ1) is 15.7. The van der Waals surface area contributed by atoms with Crippen molar-refractivity contribution in [3.05, 3.63) is 36.2 Å².